The average Bonchev–Trinajstić information content (AvgIpc) is 2.48. The first-order chi connectivity index (χ1) is 8.47. The first-order valence-corrected chi connectivity index (χ1v) is 5.98. The van der Waals surface area contributed by atoms with Gasteiger partial charge in [-0.2, -0.15) is 0 Å². The maximum Gasteiger partial charge on any atom is 0.415 e. The van der Waals surface area contributed by atoms with Gasteiger partial charge in [0.15, 0.2) is 0 Å². The Morgan fingerprint density at radius 2 is 2.06 bits per heavy atom. The molecule has 0 saturated carbocycles. The molecule has 0 aromatic heterocycles. The summed E-state index contributed by atoms with van der Waals surface area (Å²) in [6.07, 6.45) is 3.40. The van der Waals surface area contributed by atoms with Gasteiger partial charge in [0, 0.05) is 6.54 Å². The van der Waals surface area contributed by atoms with Crippen molar-refractivity contribution in [2.45, 2.75) is 26.4 Å². The summed E-state index contributed by atoms with van der Waals surface area (Å²) in [5.41, 5.74) is 1.24. The predicted molar refractivity (Wildman–Crippen MR) is 72.8 cm³/mol. The summed E-state index contributed by atoms with van der Waals surface area (Å²) in [6, 6.07) is 7.67. The minimum atomic E-state index is -0.491. The number of nitrogens with zero attached hydrogens (tertiary/aromatic N) is 1. The van der Waals surface area contributed by atoms with E-state index in [1.165, 1.54) is 0 Å². The Labute approximate surface area is 107 Å². The lowest BCUT2D eigenvalue weighted by Gasteiger charge is -2.27. The summed E-state index contributed by atoms with van der Waals surface area (Å²) < 4.78 is 5.41. The van der Waals surface area contributed by atoms with Gasteiger partial charge in [-0.1, -0.05) is 12.1 Å². The molecule has 96 valence electrons. The quantitative estimate of drug-likeness (QED) is 0.763. The molecule has 0 aliphatic carbocycles. The van der Waals surface area contributed by atoms with E-state index in [0.29, 0.717) is 6.54 Å². The van der Waals surface area contributed by atoms with Crippen molar-refractivity contribution in [3.63, 3.8) is 0 Å². The second-order valence-electron chi connectivity index (χ2n) is 5.15. The number of ether oxygens (including phenoxy) is 1. The lowest BCUT2D eigenvalue weighted by molar-refractivity contribution is 0.0584. The van der Waals surface area contributed by atoms with Crippen molar-refractivity contribution in [2.75, 3.05) is 16.8 Å². The van der Waals surface area contributed by atoms with Gasteiger partial charge in [0.1, 0.15) is 5.60 Å². The van der Waals surface area contributed by atoms with Crippen LogP contribution in [0.25, 0.3) is 0 Å². The first kappa shape index (κ1) is 12.5. The number of amides is 1. The van der Waals surface area contributed by atoms with E-state index in [1.807, 2.05) is 57.3 Å². The molecule has 1 aromatic rings. The molecule has 0 saturated heterocycles. The van der Waals surface area contributed by atoms with Gasteiger partial charge < -0.3 is 10.1 Å². The number of fused-ring (bicyclic) bond motifs is 1. The molecule has 4 heteroatoms. The van der Waals surface area contributed by atoms with E-state index in [4.69, 9.17) is 4.74 Å². The number of hydrogen-bond donors (Lipinski definition) is 1. The van der Waals surface area contributed by atoms with E-state index in [0.717, 1.165) is 11.4 Å². The highest BCUT2D eigenvalue weighted by Crippen LogP contribution is 2.28. The van der Waals surface area contributed by atoms with Crippen molar-refractivity contribution >= 4 is 17.5 Å². The summed E-state index contributed by atoms with van der Waals surface area (Å²) in [4.78, 5) is 13.8. The largest absolute Gasteiger partial charge is 0.443 e. The molecule has 0 radical (unpaired) electrons. The minimum absolute atomic E-state index is 0.330. The highest BCUT2D eigenvalue weighted by molar-refractivity contribution is 5.93. The fourth-order valence-corrected chi connectivity index (χ4v) is 1.73. The Hall–Kier alpha value is -1.97. The summed E-state index contributed by atoms with van der Waals surface area (Å²) in [5, 5.41) is 3.14. The van der Waals surface area contributed by atoms with Crippen LogP contribution >= 0.6 is 0 Å². The maximum absolute atomic E-state index is 12.2. The Morgan fingerprint density at radius 3 is 2.78 bits per heavy atom. The van der Waals surface area contributed by atoms with Gasteiger partial charge in [0.25, 0.3) is 0 Å². The van der Waals surface area contributed by atoms with E-state index < -0.39 is 5.60 Å². The topological polar surface area (TPSA) is 41.6 Å². The summed E-state index contributed by atoms with van der Waals surface area (Å²) in [7, 11) is 0. The summed E-state index contributed by atoms with van der Waals surface area (Å²) in [6.45, 7) is 6.09. The van der Waals surface area contributed by atoms with Crippen LogP contribution in [0, 0.1) is 0 Å². The lowest BCUT2D eigenvalue weighted by atomic mass is 10.2. The number of nitrogens with one attached hydrogen (secondary N) is 1. The minimum Gasteiger partial charge on any atom is -0.443 e. The Kier molecular flexibility index (Phi) is 3.28. The van der Waals surface area contributed by atoms with E-state index in [9.17, 15) is 4.79 Å². The van der Waals surface area contributed by atoms with Crippen LogP contribution in [-0.2, 0) is 4.74 Å². The van der Waals surface area contributed by atoms with Gasteiger partial charge in [0.2, 0.25) is 0 Å². The Bertz CT molecular complexity index is 475. The van der Waals surface area contributed by atoms with E-state index >= 15 is 0 Å². The van der Waals surface area contributed by atoms with Gasteiger partial charge in [-0.3, -0.25) is 4.90 Å². The third kappa shape index (κ3) is 2.83. The van der Waals surface area contributed by atoms with Crippen molar-refractivity contribution < 1.29 is 9.53 Å². The van der Waals surface area contributed by atoms with Crippen LogP contribution in [0.1, 0.15) is 20.8 Å². The number of carbonyl (C=O) groups excluding carboxylic acids is 1. The molecule has 2 rings (SSSR count). The number of rotatable bonds is 0. The molecular weight excluding hydrogens is 228 g/mol. The van der Waals surface area contributed by atoms with Crippen molar-refractivity contribution in [1.29, 1.82) is 0 Å². The summed E-state index contributed by atoms with van der Waals surface area (Å²) >= 11 is 0. The molecule has 1 heterocycles. The van der Waals surface area contributed by atoms with Gasteiger partial charge in [0.05, 0.1) is 11.4 Å². The normalized spacial score (nSPS) is 14.5. The number of anilines is 2. The number of benzene rings is 1. The molecule has 0 spiro atoms. The van der Waals surface area contributed by atoms with Crippen molar-refractivity contribution in [2.24, 2.45) is 0 Å². The maximum atomic E-state index is 12.2. The van der Waals surface area contributed by atoms with Crippen molar-refractivity contribution in [3.05, 3.63) is 36.5 Å². The van der Waals surface area contributed by atoms with Crippen LogP contribution in [0.3, 0.4) is 0 Å². The van der Waals surface area contributed by atoms with Crippen LogP contribution in [0.5, 0.6) is 0 Å². The van der Waals surface area contributed by atoms with Crippen LogP contribution in [-0.4, -0.2) is 18.2 Å². The molecule has 0 bridgehead atoms. The number of hydrogen-bond acceptors (Lipinski definition) is 3. The zero-order chi connectivity index (χ0) is 13.2. The van der Waals surface area contributed by atoms with E-state index in [2.05, 4.69) is 5.32 Å². The molecule has 1 aromatic carbocycles. The smallest absolute Gasteiger partial charge is 0.415 e. The molecule has 4 nitrogen and oxygen atoms in total. The highest BCUT2D eigenvalue weighted by atomic mass is 16.6. The van der Waals surface area contributed by atoms with Crippen molar-refractivity contribution in [1.82, 2.24) is 0 Å². The standard InChI is InChI=1S/C14H18N2O2/c1-14(2,3)18-13(17)16-10-6-9-15-11-7-4-5-8-12(11)16/h4-9,15H,10H2,1-3H3. The molecule has 0 atom stereocenters. The molecule has 1 N–H and O–H groups in total. The van der Waals surface area contributed by atoms with Gasteiger partial charge >= 0.3 is 6.09 Å². The van der Waals surface area contributed by atoms with Gasteiger partial charge in [-0.25, -0.2) is 4.79 Å². The predicted octanol–water partition coefficient (Wildman–Crippen LogP) is 3.37. The fraction of sp³-hybridized carbons (Fsp3) is 0.357. The first-order valence-electron chi connectivity index (χ1n) is 5.98. The van der Waals surface area contributed by atoms with Gasteiger partial charge in [-0.15, -0.1) is 0 Å². The zero-order valence-corrected chi connectivity index (χ0v) is 10.9. The third-order valence-electron chi connectivity index (χ3n) is 2.45. The molecular formula is C14H18N2O2. The number of para-hydroxylation sites is 2. The highest BCUT2D eigenvalue weighted by Gasteiger charge is 2.24. The van der Waals surface area contributed by atoms with Crippen molar-refractivity contribution in [3.8, 4) is 0 Å². The summed E-state index contributed by atoms with van der Waals surface area (Å²) in [5.74, 6) is 0. The molecule has 1 aliphatic heterocycles. The van der Waals surface area contributed by atoms with Crippen LogP contribution in [0.2, 0.25) is 0 Å². The van der Waals surface area contributed by atoms with E-state index in [1.54, 1.807) is 4.90 Å². The van der Waals surface area contributed by atoms with E-state index in [-0.39, 0.29) is 6.09 Å². The monoisotopic (exact) mass is 246 g/mol. The zero-order valence-electron chi connectivity index (χ0n) is 10.9. The molecule has 0 fully saturated rings. The SMILES string of the molecule is CC(C)(C)OC(=O)N1CC=CNc2ccccc21. The Morgan fingerprint density at radius 1 is 1.33 bits per heavy atom. The lowest BCUT2D eigenvalue weighted by Crippen LogP contribution is -2.36. The van der Waals surface area contributed by atoms with Crippen LogP contribution < -0.4 is 10.2 Å². The third-order valence-corrected chi connectivity index (χ3v) is 2.45. The molecule has 1 aliphatic rings. The van der Waals surface area contributed by atoms with Crippen LogP contribution in [0.4, 0.5) is 16.2 Å². The molecule has 1 amide bonds. The fourth-order valence-electron chi connectivity index (χ4n) is 1.73. The molecule has 0 unspecified atom stereocenters. The second-order valence-corrected chi connectivity index (χ2v) is 5.15. The molecule has 18 heavy (non-hydrogen) atoms. The average molecular weight is 246 g/mol. The number of carbonyl (C=O) groups is 1. The second kappa shape index (κ2) is 4.72. The Balaban J connectivity index is 2.28. The van der Waals surface area contributed by atoms with Gasteiger partial charge in [-0.05, 0) is 45.2 Å². The van der Waals surface area contributed by atoms with Crippen LogP contribution in [0.15, 0.2) is 36.5 Å².